The number of likely N-dealkylation sites (tertiary alicyclic amines) is 1. The molecule has 0 saturated carbocycles. The van der Waals surface area contributed by atoms with E-state index in [1.165, 1.54) is 16.5 Å². The largest absolute Gasteiger partial charge is 0.497 e. The third kappa shape index (κ3) is 4.63. The summed E-state index contributed by atoms with van der Waals surface area (Å²) in [5.41, 5.74) is 4.81. The molecule has 160 valence electrons. The minimum atomic E-state index is -0.487. The SMILES string of the molecule is COc1ccc2[nH]cc(C3CCN(CC(O)COc4cc(C)ccc4C)CC3)c2c1. The Morgan fingerprint density at radius 1 is 1.13 bits per heavy atom. The van der Waals surface area contributed by atoms with Crippen LogP contribution in [0, 0.1) is 13.8 Å². The molecule has 0 aliphatic carbocycles. The van der Waals surface area contributed by atoms with Gasteiger partial charge in [0.15, 0.2) is 0 Å². The van der Waals surface area contributed by atoms with Crippen molar-refractivity contribution in [1.82, 2.24) is 9.88 Å². The molecule has 0 amide bonds. The van der Waals surface area contributed by atoms with Gasteiger partial charge in [-0.25, -0.2) is 0 Å². The third-order valence-corrected chi connectivity index (χ3v) is 6.19. The molecule has 30 heavy (non-hydrogen) atoms. The van der Waals surface area contributed by atoms with Gasteiger partial charge in [0.2, 0.25) is 0 Å². The average molecular weight is 409 g/mol. The number of piperidine rings is 1. The molecule has 5 nitrogen and oxygen atoms in total. The van der Waals surface area contributed by atoms with Crippen molar-refractivity contribution in [2.75, 3.05) is 33.4 Å². The number of fused-ring (bicyclic) bond motifs is 1. The fourth-order valence-electron chi connectivity index (χ4n) is 4.41. The first-order valence-corrected chi connectivity index (χ1v) is 10.8. The number of hydrogen-bond donors (Lipinski definition) is 2. The number of aliphatic hydroxyl groups is 1. The molecule has 4 rings (SSSR count). The Balaban J connectivity index is 1.30. The summed E-state index contributed by atoms with van der Waals surface area (Å²) in [5, 5.41) is 11.7. The summed E-state index contributed by atoms with van der Waals surface area (Å²) < 4.78 is 11.3. The number of hydrogen-bond acceptors (Lipinski definition) is 4. The number of ether oxygens (including phenoxy) is 2. The summed E-state index contributed by atoms with van der Waals surface area (Å²) in [5.74, 6) is 2.29. The number of rotatable bonds is 7. The van der Waals surface area contributed by atoms with E-state index in [0.717, 1.165) is 48.5 Å². The molecule has 1 aliphatic heterocycles. The Morgan fingerprint density at radius 2 is 1.93 bits per heavy atom. The number of aromatic nitrogens is 1. The summed E-state index contributed by atoms with van der Waals surface area (Å²) in [7, 11) is 1.71. The molecule has 1 unspecified atom stereocenters. The fraction of sp³-hybridized carbons (Fsp3) is 0.440. The molecule has 3 aromatic rings. The normalized spacial score (nSPS) is 16.7. The Bertz CT molecular complexity index is 989. The van der Waals surface area contributed by atoms with Crippen LogP contribution < -0.4 is 9.47 Å². The van der Waals surface area contributed by atoms with Gasteiger partial charge in [-0.15, -0.1) is 0 Å². The Hall–Kier alpha value is -2.50. The smallest absolute Gasteiger partial charge is 0.122 e. The van der Waals surface area contributed by atoms with Gasteiger partial charge in [0.05, 0.1) is 7.11 Å². The van der Waals surface area contributed by atoms with Crippen molar-refractivity contribution < 1.29 is 14.6 Å². The van der Waals surface area contributed by atoms with Crippen LogP contribution in [0.1, 0.15) is 35.4 Å². The van der Waals surface area contributed by atoms with E-state index in [1.807, 2.05) is 19.1 Å². The van der Waals surface area contributed by atoms with Crippen LogP contribution in [0.25, 0.3) is 10.9 Å². The molecule has 0 bridgehead atoms. The van der Waals surface area contributed by atoms with Crippen molar-refractivity contribution in [1.29, 1.82) is 0 Å². The monoisotopic (exact) mass is 408 g/mol. The predicted octanol–water partition coefficient (Wildman–Crippen LogP) is 4.41. The topological polar surface area (TPSA) is 57.7 Å². The maximum Gasteiger partial charge on any atom is 0.122 e. The van der Waals surface area contributed by atoms with Crippen LogP contribution in [-0.4, -0.2) is 54.4 Å². The average Bonchev–Trinajstić information content (AvgIpc) is 3.18. The summed E-state index contributed by atoms with van der Waals surface area (Å²) in [4.78, 5) is 5.75. The van der Waals surface area contributed by atoms with Crippen LogP contribution in [0.15, 0.2) is 42.6 Å². The molecule has 2 N–H and O–H groups in total. The van der Waals surface area contributed by atoms with E-state index in [0.29, 0.717) is 19.1 Å². The maximum atomic E-state index is 10.5. The lowest BCUT2D eigenvalue weighted by atomic mass is 9.89. The first-order chi connectivity index (χ1) is 14.5. The molecule has 1 saturated heterocycles. The third-order valence-electron chi connectivity index (χ3n) is 6.19. The Morgan fingerprint density at radius 3 is 2.70 bits per heavy atom. The second-order valence-corrected chi connectivity index (χ2v) is 8.46. The molecule has 1 aliphatic rings. The highest BCUT2D eigenvalue weighted by Gasteiger charge is 2.24. The highest BCUT2D eigenvalue weighted by Crippen LogP contribution is 2.34. The summed E-state index contributed by atoms with van der Waals surface area (Å²) in [6, 6.07) is 12.4. The molecule has 1 fully saturated rings. The molecule has 2 aromatic carbocycles. The van der Waals surface area contributed by atoms with Crippen molar-refractivity contribution in [2.24, 2.45) is 0 Å². The second-order valence-electron chi connectivity index (χ2n) is 8.46. The highest BCUT2D eigenvalue weighted by molar-refractivity contribution is 5.85. The van der Waals surface area contributed by atoms with Gasteiger partial charge in [0.1, 0.15) is 24.2 Å². The zero-order valence-electron chi connectivity index (χ0n) is 18.1. The van der Waals surface area contributed by atoms with Crippen molar-refractivity contribution >= 4 is 10.9 Å². The van der Waals surface area contributed by atoms with Crippen molar-refractivity contribution in [2.45, 2.75) is 38.7 Å². The minimum absolute atomic E-state index is 0.326. The van der Waals surface area contributed by atoms with Gasteiger partial charge in [0.25, 0.3) is 0 Å². The van der Waals surface area contributed by atoms with Gasteiger partial charge in [-0.2, -0.15) is 0 Å². The lowest BCUT2D eigenvalue weighted by Gasteiger charge is -2.33. The predicted molar refractivity (Wildman–Crippen MR) is 121 cm³/mol. The van der Waals surface area contributed by atoms with Crippen molar-refractivity contribution in [3.05, 3.63) is 59.3 Å². The van der Waals surface area contributed by atoms with Crippen LogP contribution in [0.2, 0.25) is 0 Å². The molecular formula is C25H32N2O3. The van der Waals surface area contributed by atoms with E-state index in [9.17, 15) is 5.11 Å². The maximum absolute atomic E-state index is 10.5. The van der Waals surface area contributed by atoms with Gasteiger partial charge in [-0.05, 0) is 86.7 Å². The number of β-amino-alcohol motifs (C(OH)–C–C–N with tert-alkyl or cyclic N) is 1. The van der Waals surface area contributed by atoms with E-state index in [2.05, 4.69) is 47.3 Å². The van der Waals surface area contributed by atoms with Crippen molar-refractivity contribution in [3.63, 3.8) is 0 Å². The molecular weight excluding hydrogens is 376 g/mol. The zero-order valence-corrected chi connectivity index (χ0v) is 18.1. The number of H-pyrrole nitrogens is 1. The first-order valence-electron chi connectivity index (χ1n) is 10.8. The fourth-order valence-corrected chi connectivity index (χ4v) is 4.41. The summed E-state index contributed by atoms with van der Waals surface area (Å²) >= 11 is 0. The molecule has 5 heteroatoms. The van der Waals surface area contributed by atoms with Gasteiger partial charge in [0, 0.05) is 23.6 Å². The van der Waals surface area contributed by atoms with Crippen LogP contribution in [-0.2, 0) is 0 Å². The lowest BCUT2D eigenvalue weighted by molar-refractivity contribution is 0.0592. The lowest BCUT2D eigenvalue weighted by Crippen LogP contribution is -2.40. The summed E-state index contributed by atoms with van der Waals surface area (Å²) in [6.07, 6.45) is 3.85. The molecule has 1 aromatic heterocycles. The standard InChI is InChI=1S/C25H32N2O3/c1-17-4-5-18(2)25(12-17)30-16-20(28)15-27-10-8-19(9-11-27)23-14-26-24-7-6-21(29-3)13-22(23)24/h4-7,12-14,19-20,26,28H,8-11,15-16H2,1-3H3. The van der Waals surface area contributed by atoms with Crippen LogP contribution in [0.5, 0.6) is 11.5 Å². The molecule has 2 heterocycles. The Kier molecular flexibility index (Phi) is 6.30. The molecule has 0 spiro atoms. The van der Waals surface area contributed by atoms with Crippen LogP contribution in [0.3, 0.4) is 0 Å². The number of aryl methyl sites for hydroxylation is 2. The number of aromatic amines is 1. The molecule has 0 radical (unpaired) electrons. The minimum Gasteiger partial charge on any atom is -0.497 e. The van der Waals surface area contributed by atoms with E-state index in [1.54, 1.807) is 7.11 Å². The van der Waals surface area contributed by atoms with Crippen LogP contribution >= 0.6 is 0 Å². The van der Waals surface area contributed by atoms with E-state index in [4.69, 9.17) is 9.47 Å². The van der Waals surface area contributed by atoms with Crippen molar-refractivity contribution in [3.8, 4) is 11.5 Å². The molecule has 1 atom stereocenters. The second kappa shape index (κ2) is 9.11. The quantitative estimate of drug-likeness (QED) is 0.608. The van der Waals surface area contributed by atoms with Gasteiger partial charge >= 0.3 is 0 Å². The van der Waals surface area contributed by atoms with E-state index >= 15 is 0 Å². The number of nitrogens with one attached hydrogen (secondary N) is 1. The Labute approximate surface area is 178 Å². The van der Waals surface area contributed by atoms with E-state index < -0.39 is 6.10 Å². The number of methoxy groups -OCH3 is 1. The first kappa shape index (κ1) is 20.8. The van der Waals surface area contributed by atoms with Crippen LogP contribution in [0.4, 0.5) is 0 Å². The number of nitrogens with zero attached hydrogens (tertiary/aromatic N) is 1. The van der Waals surface area contributed by atoms with Gasteiger partial charge in [-0.1, -0.05) is 12.1 Å². The van der Waals surface area contributed by atoms with Gasteiger partial charge < -0.3 is 24.5 Å². The number of benzene rings is 2. The summed E-state index contributed by atoms with van der Waals surface area (Å²) in [6.45, 7) is 7.04. The zero-order chi connectivity index (χ0) is 21.1. The highest BCUT2D eigenvalue weighted by atomic mass is 16.5. The van der Waals surface area contributed by atoms with Gasteiger partial charge in [-0.3, -0.25) is 0 Å². The number of aliphatic hydroxyl groups excluding tert-OH is 1. The van der Waals surface area contributed by atoms with E-state index in [-0.39, 0.29) is 0 Å².